The molecule has 98 valence electrons. The van der Waals surface area contributed by atoms with Gasteiger partial charge in [0, 0.05) is 12.1 Å². The van der Waals surface area contributed by atoms with Gasteiger partial charge in [-0.05, 0) is 32.6 Å². The fraction of sp³-hybridized carbons (Fsp3) is 1.00. The average molecular weight is 229 g/mol. The molecule has 2 nitrogen and oxygen atoms in total. The van der Waals surface area contributed by atoms with Crippen LogP contribution in [-0.2, 0) is 0 Å². The molecule has 0 bridgehead atoms. The Morgan fingerprint density at radius 3 is 2.00 bits per heavy atom. The Labute approximate surface area is 102 Å². The van der Waals surface area contributed by atoms with Crippen LogP contribution in [0.3, 0.4) is 0 Å². The largest absolute Gasteiger partial charge is 0.396 e. The molecule has 0 radical (unpaired) electrons. The van der Waals surface area contributed by atoms with E-state index >= 15 is 0 Å². The minimum atomic E-state index is 0.0105. The summed E-state index contributed by atoms with van der Waals surface area (Å²) < 4.78 is 0. The Morgan fingerprint density at radius 2 is 1.50 bits per heavy atom. The number of hydrogen-bond donors (Lipinski definition) is 2. The highest BCUT2D eigenvalue weighted by Crippen LogP contribution is 2.14. The zero-order valence-electron chi connectivity index (χ0n) is 11.5. The van der Waals surface area contributed by atoms with Crippen molar-refractivity contribution in [2.24, 2.45) is 11.7 Å². The van der Waals surface area contributed by atoms with Crippen LogP contribution in [0.15, 0.2) is 0 Å². The number of hydrogen-bond acceptors (Lipinski definition) is 2. The van der Waals surface area contributed by atoms with Gasteiger partial charge in [-0.1, -0.05) is 45.4 Å². The minimum absolute atomic E-state index is 0.0105. The van der Waals surface area contributed by atoms with Crippen molar-refractivity contribution in [3.8, 4) is 0 Å². The van der Waals surface area contributed by atoms with Gasteiger partial charge in [0.05, 0.1) is 0 Å². The van der Waals surface area contributed by atoms with Gasteiger partial charge in [-0.2, -0.15) is 0 Å². The van der Waals surface area contributed by atoms with Gasteiger partial charge in [0.1, 0.15) is 0 Å². The quantitative estimate of drug-likeness (QED) is 0.563. The van der Waals surface area contributed by atoms with Crippen molar-refractivity contribution < 1.29 is 5.11 Å². The highest BCUT2D eigenvalue weighted by Gasteiger charge is 2.08. The smallest absolute Gasteiger partial charge is 0.0456 e. The molecule has 2 heteroatoms. The number of aliphatic hydroxyl groups excluding tert-OH is 1. The molecular weight excluding hydrogens is 198 g/mol. The van der Waals surface area contributed by atoms with Gasteiger partial charge in [-0.25, -0.2) is 0 Å². The Morgan fingerprint density at radius 1 is 1.00 bits per heavy atom. The third kappa shape index (κ3) is 12.0. The molecule has 0 rings (SSSR count). The zero-order chi connectivity index (χ0) is 12.4. The molecule has 0 aliphatic heterocycles. The summed E-state index contributed by atoms with van der Waals surface area (Å²) in [5, 5.41) is 8.87. The van der Waals surface area contributed by atoms with Gasteiger partial charge in [0.15, 0.2) is 0 Å². The molecule has 0 aromatic heterocycles. The van der Waals surface area contributed by atoms with Crippen LogP contribution in [0.1, 0.15) is 72.1 Å². The molecular formula is C14H31NO. The third-order valence-electron chi connectivity index (χ3n) is 3.08. The lowest BCUT2D eigenvalue weighted by Crippen LogP contribution is -2.31. The van der Waals surface area contributed by atoms with Crippen LogP contribution >= 0.6 is 0 Å². The van der Waals surface area contributed by atoms with E-state index in [2.05, 4.69) is 20.8 Å². The average Bonchev–Trinajstić information content (AvgIpc) is 2.20. The maximum absolute atomic E-state index is 8.87. The van der Waals surface area contributed by atoms with Crippen LogP contribution in [0.25, 0.3) is 0 Å². The molecule has 0 spiro atoms. The van der Waals surface area contributed by atoms with Gasteiger partial charge < -0.3 is 10.8 Å². The molecule has 1 unspecified atom stereocenters. The summed E-state index contributed by atoms with van der Waals surface area (Å²) in [6.45, 7) is 6.65. The predicted molar refractivity (Wildman–Crippen MR) is 71.5 cm³/mol. The van der Waals surface area contributed by atoms with Gasteiger partial charge in [-0.15, -0.1) is 0 Å². The normalized spacial score (nSPS) is 14.1. The first-order valence-electron chi connectivity index (χ1n) is 6.85. The lowest BCUT2D eigenvalue weighted by molar-refractivity contribution is 0.227. The van der Waals surface area contributed by atoms with Gasteiger partial charge in [0.2, 0.25) is 0 Å². The molecule has 0 aromatic rings. The lowest BCUT2D eigenvalue weighted by atomic mass is 9.97. The van der Waals surface area contributed by atoms with Crippen LogP contribution in [0.4, 0.5) is 0 Å². The molecule has 0 fully saturated rings. The second kappa shape index (κ2) is 9.00. The Kier molecular flexibility index (Phi) is 8.96. The number of aliphatic hydroxyl groups is 1. The highest BCUT2D eigenvalue weighted by molar-refractivity contribution is 4.70. The van der Waals surface area contributed by atoms with E-state index in [1.54, 1.807) is 0 Å². The summed E-state index contributed by atoms with van der Waals surface area (Å²) in [4.78, 5) is 0. The molecule has 0 aliphatic carbocycles. The maximum atomic E-state index is 8.87. The third-order valence-corrected chi connectivity index (χ3v) is 3.08. The predicted octanol–water partition coefficient (Wildman–Crippen LogP) is 3.47. The van der Waals surface area contributed by atoms with E-state index in [9.17, 15) is 0 Å². The monoisotopic (exact) mass is 229 g/mol. The molecule has 0 aliphatic rings. The fourth-order valence-electron chi connectivity index (χ4n) is 1.87. The summed E-state index contributed by atoms with van der Waals surface area (Å²) >= 11 is 0. The Hall–Kier alpha value is -0.0800. The molecule has 16 heavy (non-hydrogen) atoms. The van der Waals surface area contributed by atoms with Gasteiger partial charge in [0.25, 0.3) is 0 Å². The summed E-state index contributed by atoms with van der Waals surface area (Å²) in [5.74, 6) is 0.484. The van der Waals surface area contributed by atoms with Crippen molar-refractivity contribution in [1.29, 1.82) is 0 Å². The summed E-state index contributed by atoms with van der Waals surface area (Å²) in [6, 6.07) is 0. The molecule has 0 saturated carbocycles. The van der Waals surface area contributed by atoms with E-state index in [4.69, 9.17) is 10.8 Å². The summed E-state index contributed by atoms with van der Waals surface area (Å²) in [6.07, 6.45) is 10.1. The maximum Gasteiger partial charge on any atom is 0.0456 e. The molecule has 3 N–H and O–H groups in total. The van der Waals surface area contributed by atoms with Crippen molar-refractivity contribution in [2.45, 2.75) is 77.7 Å². The van der Waals surface area contributed by atoms with Crippen LogP contribution in [0, 0.1) is 5.92 Å². The second-order valence-corrected chi connectivity index (χ2v) is 5.94. The Balaban J connectivity index is 3.10. The first-order chi connectivity index (χ1) is 7.45. The second-order valence-electron chi connectivity index (χ2n) is 5.94. The number of unbranched alkanes of at least 4 members (excludes halogenated alkanes) is 5. The van der Waals surface area contributed by atoms with E-state index in [1.807, 2.05) is 0 Å². The minimum Gasteiger partial charge on any atom is -0.396 e. The summed E-state index contributed by atoms with van der Waals surface area (Å²) in [7, 11) is 0. The highest BCUT2D eigenvalue weighted by atomic mass is 16.3. The van der Waals surface area contributed by atoms with Crippen LogP contribution in [0.5, 0.6) is 0 Å². The lowest BCUT2D eigenvalue weighted by Gasteiger charge is -2.17. The van der Waals surface area contributed by atoms with Crippen LogP contribution < -0.4 is 5.73 Å². The van der Waals surface area contributed by atoms with Gasteiger partial charge >= 0.3 is 0 Å². The van der Waals surface area contributed by atoms with Crippen molar-refractivity contribution in [3.05, 3.63) is 0 Å². The first kappa shape index (κ1) is 15.9. The Bertz CT molecular complexity index is 151. The number of nitrogens with two attached hydrogens (primary N) is 1. The molecule has 0 aromatic carbocycles. The van der Waals surface area contributed by atoms with E-state index in [0.717, 1.165) is 6.42 Å². The summed E-state index contributed by atoms with van der Waals surface area (Å²) in [5.41, 5.74) is 5.93. The fourth-order valence-corrected chi connectivity index (χ4v) is 1.87. The van der Waals surface area contributed by atoms with E-state index < -0.39 is 0 Å². The topological polar surface area (TPSA) is 46.2 Å². The molecule has 0 amide bonds. The first-order valence-corrected chi connectivity index (χ1v) is 6.85. The van der Waals surface area contributed by atoms with Crippen LogP contribution in [-0.4, -0.2) is 17.3 Å². The standard InChI is InChI=1S/C14H31NO/c1-13(12-16)10-8-6-4-5-7-9-11-14(2,3)15/h13,16H,4-12,15H2,1-3H3. The van der Waals surface area contributed by atoms with Crippen molar-refractivity contribution >= 4 is 0 Å². The van der Waals surface area contributed by atoms with E-state index in [-0.39, 0.29) is 5.54 Å². The molecule has 0 heterocycles. The van der Waals surface area contributed by atoms with E-state index in [0.29, 0.717) is 12.5 Å². The van der Waals surface area contributed by atoms with Gasteiger partial charge in [-0.3, -0.25) is 0 Å². The van der Waals surface area contributed by atoms with Crippen molar-refractivity contribution in [2.75, 3.05) is 6.61 Å². The van der Waals surface area contributed by atoms with Crippen molar-refractivity contribution in [3.63, 3.8) is 0 Å². The van der Waals surface area contributed by atoms with E-state index in [1.165, 1.54) is 44.9 Å². The molecule has 1 atom stereocenters. The van der Waals surface area contributed by atoms with Crippen LogP contribution in [0.2, 0.25) is 0 Å². The SMILES string of the molecule is CC(CO)CCCCCCCCC(C)(C)N. The number of rotatable bonds is 10. The van der Waals surface area contributed by atoms with Crippen molar-refractivity contribution in [1.82, 2.24) is 0 Å². The zero-order valence-corrected chi connectivity index (χ0v) is 11.5. The molecule has 0 saturated heterocycles.